The molecule has 0 aromatic carbocycles. The molecule has 1 aliphatic carbocycles. The van der Waals surface area contributed by atoms with E-state index in [1.165, 1.54) is 25.7 Å². The molecule has 0 spiro atoms. The molecule has 1 aromatic rings. The zero-order valence-corrected chi connectivity index (χ0v) is 14.6. The van der Waals surface area contributed by atoms with Gasteiger partial charge in [-0.05, 0) is 37.8 Å². The highest BCUT2D eigenvalue weighted by molar-refractivity contribution is 5.94. The van der Waals surface area contributed by atoms with E-state index in [1.807, 2.05) is 19.1 Å². The molecule has 2 fully saturated rings. The number of pyridine rings is 1. The van der Waals surface area contributed by atoms with Gasteiger partial charge in [0.2, 0.25) is 0 Å². The average molecular weight is 331 g/mol. The number of amides is 1. The van der Waals surface area contributed by atoms with E-state index in [2.05, 4.69) is 15.2 Å². The predicted molar refractivity (Wildman–Crippen MR) is 95.2 cm³/mol. The summed E-state index contributed by atoms with van der Waals surface area (Å²) >= 11 is 0. The number of hydrogen-bond donors (Lipinski definition) is 2. The van der Waals surface area contributed by atoms with E-state index in [0.717, 1.165) is 38.2 Å². The summed E-state index contributed by atoms with van der Waals surface area (Å²) in [6, 6.07) is 3.87. The zero-order valence-electron chi connectivity index (χ0n) is 14.6. The van der Waals surface area contributed by atoms with Crippen molar-refractivity contribution in [3.63, 3.8) is 0 Å². The van der Waals surface area contributed by atoms with E-state index in [0.29, 0.717) is 5.56 Å². The summed E-state index contributed by atoms with van der Waals surface area (Å²) in [4.78, 5) is 19.3. The molecule has 1 saturated heterocycles. The molecule has 24 heavy (non-hydrogen) atoms. The van der Waals surface area contributed by atoms with E-state index < -0.39 is 0 Å². The van der Waals surface area contributed by atoms with Gasteiger partial charge in [-0.15, -0.1) is 0 Å². The summed E-state index contributed by atoms with van der Waals surface area (Å²) in [5.41, 5.74) is 0.399. The van der Waals surface area contributed by atoms with Crippen LogP contribution in [-0.2, 0) is 0 Å². The standard InChI is InChI=1S/C19H29N3O2/c1-19(14-23)10-6-7-16(19)21-18(24)15-8-9-17(20-13-15)22-11-4-2-3-5-12-22/h8-9,13,16,23H,2-7,10-12,14H2,1H3,(H,21,24). The first-order valence-corrected chi connectivity index (χ1v) is 9.25. The number of carbonyl (C=O) groups excluding carboxylic acids is 1. The molecule has 2 heterocycles. The van der Waals surface area contributed by atoms with Crippen molar-refractivity contribution in [1.29, 1.82) is 0 Å². The fourth-order valence-corrected chi connectivity index (χ4v) is 3.92. The molecule has 1 aromatic heterocycles. The molecule has 1 amide bonds. The van der Waals surface area contributed by atoms with Crippen molar-refractivity contribution in [3.8, 4) is 0 Å². The Morgan fingerprint density at radius 2 is 2.04 bits per heavy atom. The van der Waals surface area contributed by atoms with Crippen molar-refractivity contribution < 1.29 is 9.90 Å². The van der Waals surface area contributed by atoms with Crippen molar-refractivity contribution in [2.24, 2.45) is 5.41 Å². The lowest BCUT2D eigenvalue weighted by molar-refractivity contribution is 0.0830. The average Bonchev–Trinajstić information content (AvgIpc) is 2.81. The van der Waals surface area contributed by atoms with Gasteiger partial charge < -0.3 is 15.3 Å². The molecule has 0 radical (unpaired) electrons. The highest BCUT2D eigenvalue weighted by atomic mass is 16.3. The van der Waals surface area contributed by atoms with Crippen molar-refractivity contribution in [2.45, 2.75) is 57.9 Å². The second-order valence-electron chi connectivity index (χ2n) is 7.54. The second kappa shape index (κ2) is 7.51. The third kappa shape index (κ3) is 3.72. The van der Waals surface area contributed by atoms with Crippen molar-refractivity contribution in [2.75, 3.05) is 24.6 Å². The molecule has 5 nitrogen and oxygen atoms in total. The Kier molecular flexibility index (Phi) is 5.39. The highest BCUT2D eigenvalue weighted by Gasteiger charge is 2.39. The normalized spacial score (nSPS) is 27.8. The number of nitrogens with zero attached hydrogens (tertiary/aromatic N) is 2. The maximum atomic E-state index is 12.5. The Bertz CT molecular complexity index is 552. The zero-order chi connectivity index (χ0) is 17.0. The van der Waals surface area contributed by atoms with Crippen LogP contribution in [-0.4, -0.2) is 41.7 Å². The van der Waals surface area contributed by atoms with E-state index in [1.54, 1.807) is 6.20 Å². The van der Waals surface area contributed by atoms with Crippen LogP contribution in [0.3, 0.4) is 0 Å². The Morgan fingerprint density at radius 3 is 2.67 bits per heavy atom. The van der Waals surface area contributed by atoms with E-state index in [4.69, 9.17) is 0 Å². The number of aliphatic hydroxyl groups excluding tert-OH is 1. The maximum Gasteiger partial charge on any atom is 0.253 e. The van der Waals surface area contributed by atoms with Gasteiger partial charge in [-0.2, -0.15) is 0 Å². The van der Waals surface area contributed by atoms with Crippen LogP contribution in [0.2, 0.25) is 0 Å². The molecule has 1 saturated carbocycles. The number of aliphatic hydroxyl groups is 1. The minimum atomic E-state index is -0.199. The lowest BCUT2D eigenvalue weighted by atomic mass is 9.85. The van der Waals surface area contributed by atoms with Crippen molar-refractivity contribution >= 4 is 11.7 Å². The first-order valence-electron chi connectivity index (χ1n) is 9.25. The molecule has 2 atom stereocenters. The molecule has 2 N–H and O–H groups in total. The molecule has 0 bridgehead atoms. The quantitative estimate of drug-likeness (QED) is 0.890. The third-order valence-corrected chi connectivity index (χ3v) is 5.69. The first-order chi connectivity index (χ1) is 11.6. The second-order valence-corrected chi connectivity index (χ2v) is 7.54. The molecule has 3 rings (SSSR count). The first kappa shape index (κ1) is 17.2. The van der Waals surface area contributed by atoms with Crippen molar-refractivity contribution in [1.82, 2.24) is 10.3 Å². The highest BCUT2D eigenvalue weighted by Crippen LogP contribution is 2.37. The Hall–Kier alpha value is -1.62. The van der Waals surface area contributed by atoms with Crippen LogP contribution in [0.25, 0.3) is 0 Å². The summed E-state index contributed by atoms with van der Waals surface area (Å²) in [6.07, 6.45) is 9.64. The molecule has 2 aliphatic rings. The topological polar surface area (TPSA) is 65.5 Å². The number of aromatic nitrogens is 1. The van der Waals surface area contributed by atoms with Gasteiger partial charge in [0.25, 0.3) is 5.91 Å². The monoisotopic (exact) mass is 331 g/mol. The van der Waals surface area contributed by atoms with E-state index in [-0.39, 0.29) is 24.0 Å². The number of carbonyl (C=O) groups is 1. The molecule has 1 aliphatic heterocycles. The Morgan fingerprint density at radius 1 is 1.29 bits per heavy atom. The van der Waals surface area contributed by atoms with Gasteiger partial charge in [0.15, 0.2) is 0 Å². The van der Waals surface area contributed by atoms with E-state index >= 15 is 0 Å². The SMILES string of the molecule is CC1(CO)CCCC1NC(=O)c1ccc(N2CCCCCC2)nc1. The maximum absolute atomic E-state index is 12.5. The lowest BCUT2D eigenvalue weighted by Crippen LogP contribution is -2.44. The molecule has 5 heteroatoms. The minimum Gasteiger partial charge on any atom is -0.396 e. The van der Waals surface area contributed by atoms with Gasteiger partial charge >= 0.3 is 0 Å². The number of nitrogens with one attached hydrogen (secondary N) is 1. The lowest BCUT2D eigenvalue weighted by Gasteiger charge is -2.30. The molecule has 132 valence electrons. The molecular formula is C19H29N3O2. The number of hydrogen-bond acceptors (Lipinski definition) is 4. The smallest absolute Gasteiger partial charge is 0.253 e. The van der Waals surface area contributed by atoms with Crippen molar-refractivity contribution in [3.05, 3.63) is 23.9 Å². The molecule has 2 unspecified atom stereocenters. The number of rotatable bonds is 4. The minimum absolute atomic E-state index is 0.0419. The largest absolute Gasteiger partial charge is 0.396 e. The van der Waals surface area contributed by atoms with Crippen LogP contribution in [0, 0.1) is 5.41 Å². The van der Waals surface area contributed by atoms with Crippen LogP contribution < -0.4 is 10.2 Å². The predicted octanol–water partition coefficient (Wildman–Crippen LogP) is 2.74. The summed E-state index contributed by atoms with van der Waals surface area (Å²) in [7, 11) is 0. The van der Waals surface area contributed by atoms with Crippen LogP contribution in [0.4, 0.5) is 5.82 Å². The third-order valence-electron chi connectivity index (χ3n) is 5.69. The fourth-order valence-electron chi connectivity index (χ4n) is 3.92. The van der Waals surface area contributed by atoms with Gasteiger partial charge in [0.05, 0.1) is 12.2 Å². The van der Waals surface area contributed by atoms with Gasteiger partial charge in [0, 0.05) is 30.7 Å². The number of anilines is 1. The van der Waals surface area contributed by atoms with Gasteiger partial charge in [-0.1, -0.05) is 26.2 Å². The van der Waals surface area contributed by atoms with Crippen LogP contribution in [0.5, 0.6) is 0 Å². The molecular weight excluding hydrogens is 302 g/mol. The summed E-state index contributed by atoms with van der Waals surface area (Å²) in [5, 5.41) is 12.7. The van der Waals surface area contributed by atoms with Gasteiger partial charge in [-0.3, -0.25) is 4.79 Å². The van der Waals surface area contributed by atoms with Gasteiger partial charge in [-0.25, -0.2) is 4.98 Å². The van der Waals surface area contributed by atoms with Crippen LogP contribution >= 0.6 is 0 Å². The Labute approximate surface area is 144 Å². The van der Waals surface area contributed by atoms with Crippen LogP contribution in [0.1, 0.15) is 62.2 Å². The summed E-state index contributed by atoms with van der Waals surface area (Å²) in [6.45, 7) is 4.26. The summed E-state index contributed by atoms with van der Waals surface area (Å²) < 4.78 is 0. The van der Waals surface area contributed by atoms with E-state index in [9.17, 15) is 9.90 Å². The fraction of sp³-hybridized carbons (Fsp3) is 0.684. The Balaban J connectivity index is 1.63. The summed E-state index contributed by atoms with van der Waals surface area (Å²) in [5.74, 6) is 0.881. The van der Waals surface area contributed by atoms with Crippen LogP contribution in [0.15, 0.2) is 18.3 Å². The van der Waals surface area contributed by atoms with Gasteiger partial charge in [0.1, 0.15) is 5.82 Å².